The molecule has 18 heavy (non-hydrogen) atoms. The Labute approximate surface area is 118 Å². The Bertz CT molecular complexity index is 889. The minimum Gasteiger partial charge on any atom is -0.456 e. The molecule has 86 valence electrons. The molecule has 0 atom stereocenters. The first-order chi connectivity index (χ1) is 8.81. The van der Waals surface area contributed by atoms with Crippen LogP contribution in [0.15, 0.2) is 59.0 Å². The van der Waals surface area contributed by atoms with Crippen LogP contribution in [0.1, 0.15) is 0 Å². The fourth-order valence-electron chi connectivity index (χ4n) is 2.44. The Kier molecular flexibility index (Phi) is 2.14. The van der Waals surface area contributed by atoms with Gasteiger partial charge in [-0.1, -0.05) is 24.3 Å². The van der Waals surface area contributed by atoms with Crippen molar-refractivity contribution in [3.63, 3.8) is 0 Å². The normalized spacial score (nSPS) is 11.6. The van der Waals surface area contributed by atoms with E-state index in [0.29, 0.717) is 0 Å². The van der Waals surface area contributed by atoms with E-state index in [0.717, 1.165) is 11.2 Å². The fraction of sp³-hybridized carbons (Fsp3) is 0. The summed E-state index contributed by atoms with van der Waals surface area (Å²) in [5.41, 5.74) is 1.93. The van der Waals surface area contributed by atoms with Crippen LogP contribution < -0.4 is 0 Å². The monoisotopic (exact) mass is 344 g/mol. The average Bonchev–Trinajstić information content (AvgIpc) is 2.72. The zero-order valence-corrected chi connectivity index (χ0v) is 11.6. The second-order valence-corrected chi connectivity index (χ2v) is 5.68. The molecule has 1 aromatic heterocycles. The van der Waals surface area contributed by atoms with Gasteiger partial charge in [0.05, 0.1) is 0 Å². The van der Waals surface area contributed by atoms with Gasteiger partial charge in [-0.3, -0.25) is 0 Å². The van der Waals surface area contributed by atoms with Crippen LogP contribution in [0, 0.1) is 3.57 Å². The van der Waals surface area contributed by atoms with Crippen LogP contribution in [-0.4, -0.2) is 0 Å². The molecular formula is C16H9IO. The van der Waals surface area contributed by atoms with Crippen LogP contribution in [0.3, 0.4) is 0 Å². The molecule has 0 spiro atoms. The van der Waals surface area contributed by atoms with Gasteiger partial charge in [0.15, 0.2) is 0 Å². The van der Waals surface area contributed by atoms with Crippen molar-refractivity contribution in [1.82, 2.24) is 0 Å². The molecule has 4 aromatic rings. The summed E-state index contributed by atoms with van der Waals surface area (Å²) in [4.78, 5) is 0. The largest absolute Gasteiger partial charge is 0.456 e. The van der Waals surface area contributed by atoms with Gasteiger partial charge in [-0.05, 0) is 63.7 Å². The first-order valence-electron chi connectivity index (χ1n) is 5.82. The van der Waals surface area contributed by atoms with Crippen molar-refractivity contribution in [3.05, 3.63) is 58.2 Å². The summed E-state index contributed by atoms with van der Waals surface area (Å²) >= 11 is 2.31. The Morgan fingerprint density at radius 2 is 1.44 bits per heavy atom. The van der Waals surface area contributed by atoms with Crippen molar-refractivity contribution in [3.8, 4) is 0 Å². The lowest BCUT2D eigenvalue weighted by Gasteiger charge is -1.96. The molecule has 0 saturated carbocycles. The number of hydrogen-bond donors (Lipinski definition) is 0. The highest BCUT2D eigenvalue weighted by molar-refractivity contribution is 14.1. The Morgan fingerprint density at radius 3 is 2.28 bits per heavy atom. The van der Waals surface area contributed by atoms with Gasteiger partial charge in [-0.15, -0.1) is 0 Å². The van der Waals surface area contributed by atoms with Crippen molar-refractivity contribution in [2.45, 2.75) is 0 Å². The van der Waals surface area contributed by atoms with Crippen molar-refractivity contribution in [2.24, 2.45) is 0 Å². The molecular weight excluding hydrogens is 335 g/mol. The van der Waals surface area contributed by atoms with Crippen LogP contribution in [0.5, 0.6) is 0 Å². The lowest BCUT2D eigenvalue weighted by Crippen LogP contribution is -1.72. The molecule has 0 aliphatic carbocycles. The molecule has 0 fully saturated rings. The molecule has 0 amide bonds. The lowest BCUT2D eigenvalue weighted by atomic mass is 10.1. The Balaban J connectivity index is 2.23. The summed E-state index contributed by atoms with van der Waals surface area (Å²) < 4.78 is 7.13. The molecule has 0 unspecified atom stereocenters. The molecule has 4 rings (SSSR count). The predicted molar refractivity (Wildman–Crippen MR) is 83.9 cm³/mol. The molecule has 1 heterocycles. The van der Waals surface area contributed by atoms with Gasteiger partial charge < -0.3 is 4.42 Å². The molecule has 0 aliphatic rings. The first kappa shape index (κ1) is 10.4. The summed E-state index contributed by atoms with van der Waals surface area (Å²) in [5.74, 6) is 0. The Morgan fingerprint density at radius 1 is 0.722 bits per heavy atom. The third-order valence-electron chi connectivity index (χ3n) is 3.30. The standard InChI is InChI=1S/C16H9IO/c17-12-5-6-13-14-7-10-3-1-2-4-11(10)8-15(14)18-16(13)9-12/h1-9H. The van der Waals surface area contributed by atoms with Crippen molar-refractivity contribution in [2.75, 3.05) is 0 Å². The SMILES string of the molecule is Ic1ccc2c(c1)oc1cc3ccccc3cc12. The average molecular weight is 344 g/mol. The number of halogens is 1. The fourth-order valence-corrected chi connectivity index (χ4v) is 2.90. The van der Waals surface area contributed by atoms with E-state index in [1.54, 1.807) is 0 Å². The molecule has 0 bridgehead atoms. The number of furan rings is 1. The van der Waals surface area contributed by atoms with Crippen molar-refractivity contribution in [1.29, 1.82) is 0 Å². The van der Waals surface area contributed by atoms with Crippen molar-refractivity contribution >= 4 is 55.3 Å². The van der Waals surface area contributed by atoms with Gasteiger partial charge in [0.2, 0.25) is 0 Å². The Hall–Kier alpha value is -1.55. The number of benzene rings is 3. The van der Waals surface area contributed by atoms with E-state index >= 15 is 0 Å². The molecule has 2 heteroatoms. The smallest absolute Gasteiger partial charge is 0.136 e. The molecule has 0 radical (unpaired) electrons. The molecule has 3 aromatic carbocycles. The van der Waals surface area contributed by atoms with Gasteiger partial charge in [-0.25, -0.2) is 0 Å². The molecule has 0 N–H and O–H groups in total. The van der Waals surface area contributed by atoms with Crippen LogP contribution in [0.25, 0.3) is 32.7 Å². The highest BCUT2D eigenvalue weighted by Crippen LogP contribution is 2.32. The minimum absolute atomic E-state index is 0.964. The van der Waals surface area contributed by atoms with E-state index in [2.05, 4.69) is 77.2 Å². The van der Waals surface area contributed by atoms with Gasteiger partial charge in [-0.2, -0.15) is 0 Å². The number of rotatable bonds is 0. The maximum atomic E-state index is 5.94. The van der Waals surface area contributed by atoms with E-state index in [1.165, 1.54) is 25.1 Å². The van der Waals surface area contributed by atoms with Crippen molar-refractivity contribution < 1.29 is 4.42 Å². The van der Waals surface area contributed by atoms with Crippen LogP contribution >= 0.6 is 22.6 Å². The second-order valence-electron chi connectivity index (χ2n) is 4.44. The van der Waals surface area contributed by atoms with Gasteiger partial charge >= 0.3 is 0 Å². The van der Waals surface area contributed by atoms with Gasteiger partial charge in [0.25, 0.3) is 0 Å². The van der Waals surface area contributed by atoms with E-state index < -0.39 is 0 Å². The topological polar surface area (TPSA) is 13.1 Å². The number of fused-ring (bicyclic) bond motifs is 4. The highest BCUT2D eigenvalue weighted by atomic mass is 127. The van der Waals surface area contributed by atoms with Crippen LogP contribution in [0.4, 0.5) is 0 Å². The summed E-state index contributed by atoms with van der Waals surface area (Å²) in [5, 5.41) is 4.86. The third-order valence-corrected chi connectivity index (χ3v) is 3.97. The summed E-state index contributed by atoms with van der Waals surface area (Å²) in [6, 6.07) is 19.1. The summed E-state index contributed by atoms with van der Waals surface area (Å²) in [6.07, 6.45) is 0. The minimum atomic E-state index is 0.964. The third kappa shape index (κ3) is 1.45. The van der Waals surface area contributed by atoms with Gasteiger partial charge in [0.1, 0.15) is 11.2 Å². The second kappa shape index (κ2) is 3.72. The lowest BCUT2D eigenvalue weighted by molar-refractivity contribution is 0.669. The highest BCUT2D eigenvalue weighted by Gasteiger charge is 2.08. The zero-order chi connectivity index (χ0) is 12.1. The predicted octanol–water partition coefficient (Wildman–Crippen LogP) is 5.34. The van der Waals surface area contributed by atoms with Crippen LogP contribution in [-0.2, 0) is 0 Å². The zero-order valence-electron chi connectivity index (χ0n) is 9.48. The molecule has 0 saturated heterocycles. The quantitative estimate of drug-likeness (QED) is 0.392. The molecule has 0 aliphatic heterocycles. The molecule has 1 nitrogen and oxygen atoms in total. The summed E-state index contributed by atoms with van der Waals surface area (Å²) in [7, 11) is 0. The van der Waals surface area contributed by atoms with Crippen LogP contribution in [0.2, 0.25) is 0 Å². The number of hydrogen-bond acceptors (Lipinski definition) is 1. The maximum absolute atomic E-state index is 5.94. The van der Waals surface area contributed by atoms with E-state index in [9.17, 15) is 0 Å². The maximum Gasteiger partial charge on any atom is 0.136 e. The van der Waals surface area contributed by atoms with E-state index in [4.69, 9.17) is 4.42 Å². The summed E-state index contributed by atoms with van der Waals surface area (Å²) in [6.45, 7) is 0. The van der Waals surface area contributed by atoms with E-state index in [1.807, 2.05) is 0 Å². The van der Waals surface area contributed by atoms with Gasteiger partial charge in [0, 0.05) is 14.3 Å². The van der Waals surface area contributed by atoms with E-state index in [-0.39, 0.29) is 0 Å². The first-order valence-corrected chi connectivity index (χ1v) is 6.90.